The summed E-state index contributed by atoms with van der Waals surface area (Å²) in [6.07, 6.45) is 5.72. The van der Waals surface area contributed by atoms with Crippen molar-refractivity contribution in [3.8, 4) is 5.69 Å². The highest BCUT2D eigenvalue weighted by atomic mass is 16.6. The maximum absolute atomic E-state index is 12.2. The van der Waals surface area contributed by atoms with Gasteiger partial charge in [-0.05, 0) is 45.7 Å². The second-order valence-electron chi connectivity index (χ2n) is 8.23. The minimum absolute atomic E-state index is 0.231. The van der Waals surface area contributed by atoms with Crippen molar-refractivity contribution in [3.63, 3.8) is 0 Å². The van der Waals surface area contributed by atoms with Gasteiger partial charge in [0.1, 0.15) is 5.60 Å². The summed E-state index contributed by atoms with van der Waals surface area (Å²) in [6.45, 7) is 8.52. The van der Waals surface area contributed by atoms with Crippen molar-refractivity contribution >= 4 is 6.09 Å². The molecule has 1 amide bonds. The lowest BCUT2D eigenvalue weighted by molar-refractivity contribution is 0.0149. The summed E-state index contributed by atoms with van der Waals surface area (Å²) in [5.74, 6) is 0. The Morgan fingerprint density at radius 1 is 1.22 bits per heavy atom. The van der Waals surface area contributed by atoms with Crippen LogP contribution in [0.5, 0.6) is 0 Å². The van der Waals surface area contributed by atoms with Gasteiger partial charge in [-0.15, -0.1) is 0 Å². The summed E-state index contributed by atoms with van der Waals surface area (Å²) in [6, 6.07) is 10.4. The van der Waals surface area contributed by atoms with Crippen LogP contribution in [0, 0.1) is 0 Å². The van der Waals surface area contributed by atoms with E-state index < -0.39 is 5.60 Å². The highest BCUT2D eigenvalue weighted by molar-refractivity contribution is 5.68. The van der Waals surface area contributed by atoms with Crippen LogP contribution in [0.15, 0.2) is 42.7 Å². The van der Waals surface area contributed by atoms with Crippen LogP contribution in [0.2, 0.25) is 0 Å². The van der Waals surface area contributed by atoms with Crippen molar-refractivity contribution in [2.75, 3.05) is 20.1 Å². The number of nitrogens with zero attached hydrogens (tertiary/aromatic N) is 4. The third-order valence-corrected chi connectivity index (χ3v) is 4.85. The number of ether oxygens (including phenoxy) is 1. The Balaban J connectivity index is 1.50. The van der Waals surface area contributed by atoms with Gasteiger partial charge < -0.3 is 9.64 Å². The topological polar surface area (TPSA) is 50.6 Å². The summed E-state index contributed by atoms with van der Waals surface area (Å²) >= 11 is 0. The highest BCUT2D eigenvalue weighted by Gasteiger charge is 2.28. The van der Waals surface area contributed by atoms with E-state index in [0.717, 1.165) is 38.2 Å². The smallest absolute Gasteiger partial charge is 0.410 e. The van der Waals surface area contributed by atoms with E-state index in [0.29, 0.717) is 0 Å². The van der Waals surface area contributed by atoms with Crippen molar-refractivity contribution in [1.82, 2.24) is 19.6 Å². The SMILES string of the molecule is CN(C(=O)OC(C)(C)C)C1CCN(Cc2cnn(-c3ccccc3)c2)CC1. The average molecular weight is 370 g/mol. The van der Waals surface area contributed by atoms with Gasteiger partial charge in [-0.25, -0.2) is 9.48 Å². The van der Waals surface area contributed by atoms with Gasteiger partial charge in [-0.2, -0.15) is 5.10 Å². The van der Waals surface area contributed by atoms with Gasteiger partial charge in [0.15, 0.2) is 0 Å². The molecule has 1 aromatic heterocycles. The minimum atomic E-state index is -0.453. The van der Waals surface area contributed by atoms with Crippen LogP contribution in [0.1, 0.15) is 39.2 Å². The molecule has 0 unspecified atom stereocenters. The molecule has 6 heteroatoms. The van der Waals surface area contributed by atoms with Crippen LogP contribution >= 0.6 is 0 Å². The van der Waals surface area contributed by atoms with Gasteiger partial charge in [-0.1, -0.05) is 18.2 Å². The van der Waals surface area contributed by atoms with Crippen molar-refractivity contribution in [1.29, 1.82) is 0 Å². The maximum atomic E-state index is 12.2. The number of aromatic nitrogens is 2. The zero-order valence-electron chi connectivity index (χ0n) is 16.8. The standard InChI is InChI=1S/C21H30N4O2/c1-21(2,3)27-20(26)23(4)18-10-12-24(13-11-18)15-17-14-22-25(16-17)19-8-6-5-7-9-19/h5-9,14,16,18H,10-13,15H2,1-4H3. The van der Waals surface area contributed by atoms with Crippen molar-refractivity contribution in [2.24, 2.45) is 0 Å². The van der Waals surface area contributed by atoms with E-state index in [2.05, 4.69) is 28.3 Å². The van der Waals surface area contributed by atoms with Crippen LogP contribution in [-0.2, 0) is 11.3 Å². The molecule has 2 heterocycles. The molecular formula is C21H30N4O2. The normalized spacial score (nSPS) is 16.3. The quantitative estimate of drug-likeness (QED) is 0.823. The Kier molecular flexibility index (Phi) is 5.85. The first-order chi connectivity index (χ1) is 12.8. The van der Waals surface area contributed by atoms with E-state index >= 15 is 0 Å². The monoisotopic (exact) mass is 370 g/mol. The van der Waals surface area contributed by atoms with Crippen LogP contribution in [0.3, 0.4) is 0 Å². The van der Waals surface area contributed by atoms with Gasteiger partial charge in [0.25, 0.3) is 0 Å². The zero-order chi connectivity index (χ0) is 19.4. The number of piperidine rings is 1. The third-order valence-electron chi connectivity index (χ3n) is 4.85. The molecule has 27 heavy (non-hydrogen) atoms. The number of carbonyl (C=O) groups is 1. The lowest BCUT2D eigenvalue weighted by Crippen LogP contribution is -2.46. The molecule has 3 rings (SSSR count). The van der Waals surface area contributed by atoms with Gasteiger partial charge in [0.2, 0.25) is 0 Å². The van der Waals surface area contributed by atoms with Crippen molar-refractivity contribution in [2.45, 2.75) is 51.8 Å². The molecule has 0 bridgehead atoms. The molecule has 1 saturated heterocycles. The van der Waals surface area contributed by atoms with E-state index in [9.17, 15) is 4.79 Å². The highest BCUT2D eigenvalue weighted by Crippen LogP contribution is 2.20. The number of hydrogen-bond acceptors (Lipinski definition) is 4. The first-order valence-electron chi connectivity index (χ1n) is 9.59. The summed E-state index contributed by atoms with van der Waals surface area (Å²) in [5, 5.41) is 4.47. The zero-order valence-corrected chi connectivity index (χ0v) is 16.8. The number of rotatable bonds is 4. The second-order valence-corrected chi connectivity index (χ2v) is 8.23. The van der Waals surface area contributed by atoms with Gasteiger partial charge in [0, 0.05) is 44.5 Å². The van der Waals surface area contributed by atoms with Crippen molar-refractivity contribution < 1.29 is 9.53 Å². The number of carbonyl (C=O) groups excluding carboxylic acids is 1. The van der Waals surface area contributed by atoms with Gasteiger partial charge in [-0.3, -0.25) is 4.90 Å². The van der Waals surface area contributed by atoms with Crippen molar-refractivity contribution in [3.05, 3.63) is 48.3 Å². The molecule has 0 saturated carbocycles. The van der Waals surface area contributed by atoms with E-state index in [1.165, 1.54) is 5.56 Å². The van der Waals surface area contributed by atoms with E-state index in [-0.39, 0.29) is 12.1 Å². The first kappa shape index (κ1) is 19.4. The molecule has 1 aromatic carbocycles. The number of benzene rings is 1. The van der Waals surface area contributed by atoms with E-state index in [1.807, 2.05) is 56.9 Å². The van der Waals surface area contributed by atoms with Gasteiger partial charge in [0.05, 0.1) is 11.9 Å². The number of amides is 1. The van der Waals surface area contributed by atoms with Crippen LogP contribution in [0.4, 0.5) is 4.79 Å². The fourth-order valence-corrected chi connectivity index (χ4v) is 3.37. The summed E-state index contributed by atoms with van der Waals surface area (Å²) < 4.78 is 7.40. The molecule has 0 atom stereocenters. The van der Waals surface area contributed by atoms with E-state index in [4.69, 9.17) is 4.74 Å². The number of para-hydroxylation sites is 1. The minimum Gasteiger partial charge on any atom is -0.444 e. The molecule has 1 fully saturated rings. The maximum Gasteiger partial charge on any atom is 0.410 e. The lowest BCUT2D eigenvalue weighted by atomic mass is 10.0. The third kappa shape index (κ3) is 5.32. The molecule has 1 aliphatic rings. The van der Waals surface area contributed by atoms with Crippen LogP contribution in [-0.4, -0.2) is 57.5 Å². The Morgan fingerprint density at radius 2 is 1.89 bits per heavy atom. The second kappa shape index (κ2) is 8.13. The van der Waals surface area contributed by atoms with Crippen LogP contribution < -0.4 is 0 Å². The molecule has 1 aliphatic heterocycles. The van der Waals surface area contributed by atoms with E-state index in [1.54, 1.807) is 4.90 Å². The Labute approximate surface area is 161 Å². The lowest BCUT2D eigenvalue weighted by Gasteiger charge is -2.37. The Morgan fingerprint density at radius 3 is 2.52 bits per heavy atom. The number of hydrogen-bond donors (Lipinski definition) is 0. The Hall–Kier alpha value is -2.34. The predicted octanol–water partition coefficient (Wildman–Crippen LogP) is 3.70. The first-order valence-corrected chi connectivity index (χ1v) is 9.59. The summed E-state index contributed by atoms with van der Waals surface area (Å²) in [4.78, 5) is 16.4. The van der Waals surface area contributed by atoms with Crippen LogP contribution in [0.25, 0.3) is 5.69 Å². The molecule has 6 nitrogen and oxygen atoms in total. The fraction of sp³-hybridized carbons (Fsp3) is 0.524. The molecule has 0 aliphatic carbocycles. The molecule has 0 N–H and O–H groups in total. The summed E-state index contributed by atoms with van der Waals surface area (Å²) in [5.41, 5.74) is 1.82. The molecule has 0 spiro atoms. The molecule has 2 aromatic rings. The average Bonchev–Trinajstić information content (AvgIpc) is 3.09. The number of likely N-dealkylation sites (tertiary alicyclic amines) is 1. The molecular weight excluding hydrogens is 340 g/mol. The molecule has 146 valence electrons. The van der Waals surface area contributed by atoms with Gasteiger partial charge >= 0.3 is 6.09 Å². The predicted molar refractivity (Wildman–Crippen MR) is 106 cm³/mol. The Bertz CT molecular complexity index is 743. The largest absolute Gasteiger partial charge is 0.444 e. The summed E-state index contributed by atoms with van der Waals surface area (Å²) in [7, 11) is 1.85. The molecule has 0 radical (unpaired) electrons. The fourth-order valence-electron chi connectivity index (χ4n) is 3.37.